The van der Waals surface area contributed by atoms with Gasteiger partial charge in [0.1, 0.15) is 5.92 Å². The Morgan fingerprint density at radius 2 is 1.89 bits per heavy atom. The molecule has 1 atom stereocenters. The molecule has 0 fully saturated rings. The summed E-state index contributed by atoms with van der Waals surface area (Å²) in [5.74, 6) is -2.53. The van der Waals surface area contributed by atoms with E-state index in [4.69, 9.17) is 9.84 Å². The molecule has 0 saturated carbocycles. The number of hydrogen-bond acceptors (Lipinski definition) is 3. The standard InChI is InChI=1S/C13H25NO4/c1-5-8-18-9-6-7-14-11(15)10(12(16)17)13(2,3)4/h10H,5-9H2,1-4H3,(H,14,15)(H,16,17). The van der Waals surface area contributed by atoms with Crippen LogP contribution in [0.2, 0.25) is 0 Å². The molecule has 0 aliphatic rings. The molecule has 0 aliphatic carbocycles. The van der Waals surface area contributed by atoms with Crippen LogP contribution < -0.4 is 5.32 Å². The summed E-state index contributed by atoms with van der Waals surface area (Å²) in [4.78, 5) is 22.9. The summed E-state index contributed by atoms with van der Waals surface area (Å²) in [5.41, 5.74) is -0.589. The summed E-state index contributed by atoms with van der Waals surface area (Å²) in [6.07, 6.45) is 1.67. The van der Waals surface area contributed by atoms with Crippen molar-refractivity contribution in [3.8, 4) is 0 Å². The number of aliphatic carboxylic acids is 1. The van der Waals surface area contributed by atoms with E-state index in [9.17, 15) is 9.59 Å². The van der Waals surface area contributed by atoms with Gasteiger partial charge in [-0.15, -0.1) is 0 Å². The summed E-state index contributed by atoms with van der Waals surface area (Å²) in [5, 5.41) is 11.7. The van der Waals surface area contributed by atoms with E-state index in [1.54, 1.807) is 20.8 Å². The summed E-state index contributed by atoms with van der Waals surface area (Å²) in [6, 6.07) is 0. The zero-order valence-corrected chi connectivity index (χ0v) is 11.8. The van der Waals surface area contributed by atoms with E-state index in [2.05, 4.69) is 5.32 Å². The minimum absolute atomic E-state index is 0.425. The molecule has 106 valence electrons. The van der Waals surface area contributed by atoms with Crippen LogP contribution in [0.4, 0.5) is 0 Å². The number of carboxylic acids is 1. The Morgan fingerprint density at radius 1 is 1.28 bits per heavy atom. The van der Waals surface area contributed by atoms with E-state index < -0.39 is 23.2 Å². The lowest BCUT2D eigenvalue weighted by atomic mass is 9.80. The first-order valence-corrected chi connectivity index (χ1v) is 6.39. The molecular weight excluding hydrogens is 234 g/mol. The third-order valence-electron chi connectivity index (χ3n) is 2.49. The Bertz CT molecular complexity index is 271. The minimum atomic E-state index is -1.08. The van der Waals surface area contributed by atoms with Crippen molar-refractivity contribution >= 4 is 11.9 Å². The lowest BCUT2D eigenvalue weighted by molar-refractivity contribution is -0.151. The van der Waals surface area contributed by atoms with Crippen LogP contribution in [0.3, 0.4) is 0 Å². The number of carbonyl (C=O) groups excluding carboxylic acids is 1. The van der Waals surface area contributed by atoms with Gasteiger partial charge >= 0.3 is 5.97 Å². The van der Waals surface area contributed by atoms with Crippen molar-refractivity contribution < 1.29 is 19.4 Å². The smallest absolute Gasteiger partial charge is 0.316 e. The molecular formula is C13H25NO4. The molecule has 0 rings (SSSR count). The summed E-state index contributed by atoms with van der Waals surface area (Å²) < 4.78 is 5.27. The molecule has 5 nitrogen and oxygen atoms in total. The monoisotopic (exact) mass is 259 g/mol. The van der Waals surface area contributed by atoms with Gasteiger partial charge in [0.25, 0.3) is 0 Å². The van der Waals surface area contributed by atoms with Crippen molar-refractivity contribution in [3.05, 3.63) is 0 Å². The van der Waals surface area contributed by atoms with Crippen molar-refractivity contribution in [2.75, 3.05) is 19.8 Å². The van der Waals surface area contributed by atoms with Gasteiger partial charge in [-0.3, -0.25) is 9.59 Å². The topological polar surface area (TPSA) is 75.6 Å². The molecule has 0 bridgehead atoms. The van der Waals surface area contributed by atoms with Crippen LogP contribution in [0.25, 0.3) is 0 Å². The van der Waals surface area contributed by atoms with Gasteiger partial charge in [-0.25, -0.2) is 0 Å². The predicted molar refractivity (Wildman–Crippen MR) is 69.3 cm³/mol. The Morgan fingerprint density at radius 3 is 2.33 bits per heavy atom. The van der Waals surface area contributed by atoms with Gasteiger partial charge in [0.15, 0.2) is 0 Å². The Labute approximate surface area is 109 Å². The highest BCUT2D eigenvalue weighted by molar-refractivity contribution is 5.97. The third-order valence-corrected chi connectivity index (χ3v) is 2.49. The van der Waals surface area contributed by atoms with Crippen LogP contribution in [0.5, 0.6) is 0 Å². The maximum absolute atomic E-state index is 11.8. The Balaban J connectivity index is 4.02. The van der Waals surface area contributed by atoms with Crippen molar-refractivity contribution in [2.24, 2.45) is 11.3 Å². The third kappa shape index (κ3) is 6.59. The van der Waals surface area contributed by atoms with Crippen LogP contribution >= 0.6 is 0 Å². The van der Waals surface area contributed by atoms with Gasteiger partial charge in [-0.05, 0) is 18.3 Å². The van der Waals surface area contributed by atoms with E-state index in [1.165, 1.54) is 0 Å². The molecule has 5 heteroatoms. The molecule has 0 heterocycles. The quantitative estimate of drug-likeness (QED) is 0.513. The van der Waals surface area contributed by atoms with Crippen LogP contribution in [-0.2, 0) is 14.3 Å². The molecule has 0 radical (unpaired) electrons. The second-order valence-electron chi connectivity index (χ2n) is 5.39. The molecule has 1 amide bonds. The summed E-state index contributed by atoms with van der Waals surface area (Å²) in [7, 11) is 0. The Kier molecular flexibility index (Phi) is 7.59. The minimum Gasteiger partial charge on any atom is -0.481 e. The van der Waals surface area contributed by atoms with E-state index >= 15 is 0 Å². The van der Waals surface area contributed by atoms with E-state index in [-0.39, 0.29) is 0 Å². The molecule has 0 aromatic rings. The molecule has 1 unspecified atom stereocenters. The predicted octanol–water partition coefficient (Wildman–Crippen LogP) is 1.67. The highest BCUT2D eigenvalue weighted by Crippen LogP contribution is 2.26. The van der Waals surface area contributed by atoms with Gasteiger partial charge in [-0.1, -0.05) is 27.7 Å². The second kappa shape index (κ2) is 8.08. The first-order chi connectivity index (χ1) is 8.30. The lowest BCUT2D eigenvalue weighted by Crippen LogP contribution is -2.43. The average Bonchev–Trinajstić information content (AvgIpc) is 2.20. The lowest BCUT2D eigenvalue weighted by Gasteiger charge is -2.25. The van der Waals surface area contributed by atoms with Crippen molar-refractivity contribution in [1.29, 1.82) is 0 Å². The molecule has 18 heavy (non-hydrogen) atoms. The highest BCUT2D eigenvalue weighted by Gasteiger charge is 2.37. The average molecular weight is 259 g/mol. The normalized spacial score (nSPS) is 13.1. The van der Waals surface area contributed by atoms with Crippen LogP contribution in [0.15, 0.2) is 0 Å². The van der Waals surface area contributed by atoms with Crippen LogP contribution in [0, 0.1) is 11.3 Å². The van der Waals surface area contributed by atoms with E-state index in [0.29, 0.717) is 26.2 Å². The number of amides is 1. The fourth-order valence-electron chi connectivity index (χ4n) is 1.61. The molecule has 0 saturated heterocycles. The number of hydrogen-bond donors (Lipinski definition) is 2. The first-order valence-electron chi connectivity index (χ1n) is 6.39. The van der Waals surface area contributed by atoms with Gasteiger partial charge < -0.3 is 15.2 Å². The SMILES string of the molecule is CCCOCCCNC(=O)C(C(=O)O)C(C)(C)C. The molecule has 0 aromatic carbocycles. The molecule has 0 aliphatic heterocycles. The Hall–Kier alpha value is -1.10. The number of rotatable bonds is 8. The van der Waals surface area contributed by atoms with Gasteiger partial charge in [0.05, 0.1) is 0 Å². The zero-order valence-electron chi connectivity index (χ0n) is 11.8. The maximum Gasteiger partial charge on any atom is 0.316 e. The highest BCUT2D eigenvalue weighted by atomic mass is 16.5. The van der Waals surface area contributed by atoms with E-state index in [0.717, 1.165) is 6.42 Å². The van der Waals surface area contributed by atoms with Crippen LogP contribution in [0.1, 0.15) is 40.5 Å². The fraction of sp³-hybridized carbons (Fsp3) is 0.846. The first kappa shape index (κ1) is 16.9. The van der Waals surface area contributed by atoms with Crippen LogP contribution in [-0.4, -0.2) is 36.7 Å². The summed E-state index contributed by atoms with van der Waals surface area (Å²) in [6.45, 7) is 9.02. The van der Waals surface area contributed by atoms with Gasteiger partial charge in [0.2, 0.25) is 5.91 Å². The van der Waals surface area contributed by atoms with Gasteiger partial charge in [0, 0.05) is 19.8 Å². The number of ether oxygens (including phenoxy) is 1. The van der Waals surface area contributed by atoms with Gasteiger partial charge in [-0.2, -0.15) is 0 Å². The molecule has 0 aromatic heterocycles. The molecule has 0 spiro atoms. The van der Waals surface area contributed by atoms with Crippen molar-refractivity contribution in [2.45, 2.75) is 40.5 Å². The molecule has 2 N–H and O–H groups in total. The number of nitrogens with one attached hydrogen (secondary N) is 1. The van der Waals surface area contributed by atoms with E-state index in [1.807, 2.05) is 6.92 Å². The maximum atomic E-state index is 11.8. The number of carbonyl (C=O) groups is 2. The van der Waals surface area contributed by atoms with Crippen molar-refractivity contribution in [3.63, 3.8) is 0 Å². The summed E-state index contributed by atoms with van der Waals surface area (Å²) >= 11 is 0. The van der Waals surface area contributed by atoms with Crippen molar-refractivity contribution in [1.82, 2.24) is 5.32 Å². The second-order valence-corrected chi connectivity index (χ2v) is 5.39. The number of carboxylic acid groups (broad SMARTS) is 1. The largest absolute Gasteiger partial charge is 0.481 e. The fourth-order valence-corrected chi connectivity index (χ4v) is 1.61. The zero-order chi connectivity index (χ0) is 14.2.